The van der Waals surface area contributed by atoms with Crippen LogP contribution in [0.5, 0.6) is 0 Å². The smallest absolute Gasteiger partial charge is 0.416 e. The number of anilines is 1. The van der Waals surface area contributed by atoms with Gasteiger partial charge in [0.05, 0.1) is 25.3 Å². The lowest BCUT2D eigenvalue weighted by Crippen LogP contribution is -2.47. The second-order valence-electron chi connectivity index (χ2n) is 18.5. The number of amides is 1. The summed E-state index contributed by atoms with van der Waals surface area (Å²) >= 11 is 6.62. The van der Waals surface area contributed by atoms with E-state index >= 15 is 0 Å². The molecule has 3 fully saturated rings. The minimum atomic E-state index is -3.50. The number of esters is 1. The average molecular weight is 883 g/mol. The second-order valence-corrected chi connectivity index (χ2v) is 27.9. The van der Waals surface area contributed by atoms with Gasteiger partial charge in [-0.2, -0.15) is 4.98 Å². The fourth-order valence-corrected chi connectivity index (χ4v) is 9.98. The molecule has 5 heterocycles. The normalized spacial score (nSPS) is 23.4. The minimum absolute atomic E-state index is 0.0205. The van der Waals surface area contributed by atoms with Crippen LogP contribution in [0.4, 0.5) is 10.6 Å². The van der Waals surface area contributed by atoms with Gasteiger partial charge in [0.25, 0.3) is 0 Å². The average Bonchev–Trinajstić information content (AvgIpc) is 3.94. The van der Waals surface area contributed by atoms with Crippen LogP contribution in [-0.4, -0.2) is 129 Å². The number of hydrogen-bond donors (Lipinski definition) is 0. The van der Waals surface area contributed by atoms with Crippen LogP contribution < -0.4 is 4.90 Å². The highest BCUT2D eigenvalue weighted by atomic mass is 35.5. The molecule has 18 nitrogen and oxygen atoms in total. The Morgan fingerprint density at radius 1 is 1.08 bits per heavy atom. The summed E-state index contributed by atoms with van der Waals surface area (Å²) in [5.74, 6) is -1.39. The Balaban J connectivity index is 1.30. The molecule has 59 heavy (non-hydrogen) atoms. The second kappa shape index (κ2) is 17.4. The summed E-state index contributed by atoms with van der Waals surface area (Å²) in [6.07, 6.45) is -0.259. The zero-order chi connectivity index (χ0) is 43.1. The lowest BCUT2D eigenvalue weighted by molar-refractivity contribution is -0.199. The zero-order valence-electron chi connectivity index (χ0n) is 36.1. The van der Waals surface area contributed by atoms with Gasteiger partial charge in [-0.25, -0.2) is 14.1 Å². The van der Waals surface area contributed by atoms with Gasteiger partial charge < -0.3 is 37.7 Å². The Labute approximate surface area is 351 Å². The number of halogens is 1. The van der Waals surface area contributed by atoms with Crippen LogP contribution in [-0.2, 0) is 55.7 Å². The van der Waals surface area contributed by atoms with Gasteiger partial charge in [0.1, 0.15) is 42.7 Å². The number of carbonyl (C=O) groups is 2. The number of rotatable bonds is 16. The van der Waals surface area contributed by atoms with E-state index in [1.54, 1.807) is 30.2 Å². The maximum absolute atomic E-state index is 14.2. The topological polar surface area (TPSA) is 193 Å². The number of ether oxygens (including phenoxy) is 7. The summed E-state index contributed by atoms with van der Waals surface area (Å²) in [5, 5.41) is 15.2. The Hall–Kier alpha value is -3.03. The van der Waals surface area contributed by atoms with Gasteiger partial charge in [0, 0.05) is 20.7 Å². The van der Waals surface area contributed by atoms with Crippen LogP contribution in [0.1, 0.15) is 84.8 Å². The molecule has 3 aromatic rings. The largest absolute Gasteiger partial charge is 0.463 e. The Morgan fingerprint density at radius 2 is 1.78 bits per heavy atom. The molecule has 2 aliphatic heterocycles. The highest BCUT2D eigenvalue weighted by molar-refractivity contribution is 7.64. The molecule has 5 atom stereocenters. The van der Waals surface area contributed by atoms with E-state index in [1.807, 2.05) is 32.9 Å². The van der Waals surface area contributed by atoms with E-state index in [4.69, 9.17) is 44.8 Å². The summed E-state index contributed by atoms with van der Waals surface area (Å²) in [5.41, 5.74) is 0.331. The van der Waals surface area contributed by atoms with Crippen molar-refractivity contribution >= 4 is 50.2 Å². The quantitative estimate of drug-likeness (QED) is 0.0658. The van der Waals surface area contributed by atoms with E-state index in [0.29, 0.717) is 23.6 Å². The molecule has 1 saturated carbocycles. The number of carbonyl (C=O) groups excluding carboxylic acids is 2. The van der Waals surface area contributed by atoms with Crippen LogP contribution in [0.15, 0.2) is 12.1 Å². The third-order valence-corrected chi connectivity index (χ3v) is 14.6. The first-order valence-corrected chi connectivity index (χ1v) is 27.0. The molecule has 3 aliphatic rings. The van der Waals surface area contributed by atoms with E-state index < -0.39 is 68.4 Å². The highest BCUT2D eigenvalue weighted by Gasteiger charge is 2.59. The van der Waals surface area contributed by atoms with Crippen LogP contribution in [0.3, 0.4) is 0 Å². The molecule has 1 amide bonds. The molecule has 0 bridgehead atoms. The SMILES string of the molecule is CCOC(=O)C(Cc1nnn(COCC[Si](C)(C)C)n1)(OC[C@H]1O[C@H](c2ccc3c(N(C(=O)OC(C)(C)C)C4CCCC4)nc(Cl)nn23)[C@@H]2OC(C)(C)O[C@@H]21)P(C)(C)=O. The molecular formula is C38H60ClN8O10PSi. The summed E-state index contributed by atoms with van der Waals surface area (Å²) in [4.78, 5) is 35.1. The van der Waals surface area contributed by atoms with Crippen molar-refractivity contribution in [1.29, 1.82) is 0 Å². The van der Waals surface area contributed by atoms with E-state index in [9.17, 15) is 14.2 Å². The first kappa shape index (κ1) is 45.5. The molecule has 0 N–H and O–H groups in total. The Kier molecular flexibility index (Phi) is 13.4. The van der Waals surface area contributed by atoms with Gasteiger partial charge in [-0.05, 0) is 103 Å². The van der Waals surface area contributed by atoms with Crippen molar-refractivity contribution in [2.24, 2.45) is 0 Å². The number of aromatic nitrogens is 7. The van der Waals surface area contributed by atoms with Crippen LogP contribution in [0.25, 0.3) is 5.52 Å². The van der Waals surface area contributed by atoms with E-state index in [0.717, 1.165) is 31.7 Å². The molecule has 21 heteroatoms. The number of nitrogens with zero attached hydrogens (tertiary/aromatic N) is 8. The Bertz CT molecular complexity index is 2030. The molecule has 2 saturated heterocycles. The standard InChI is InChI=1S/C38H60ClN8O10PSi/c1-12-52-33(48)38(58(7,8)50,21-28-41-44-45(42-28)23-51-19-20-59(9,10)11)53-22-27-30-31(56-37(5,6)55-30)29(54-27)25-17-18-26-32(40-34(39)43-47(25)26)46(24-15-13-14-16-24)35(49)57-36(2,3)4/h17-18,24,27,29-31H,12-16,19-23H2,1-11H3/t27-,29-,30-,31+,38?/m1/s1. The van der Waals surface area contributed by atoms with Crippen molar-refractivity contribution in [2.45, 2.75) is 153 Å². The van der Waals surface area contributed by atoms with Crippen molar-refractivity contribution in [3.63, 3.8) is 0 Å². The molecular weight excluding hydrogens is 823 g/mol. The highest BCUT2D eigenvalue weighted by Crippen LogP contribution is 2.55. The van der Waals surface area contributed by atoms with Crippen molar-refractivity contribution in [3.8, 4) is 0 Å². The van der Waals surface area contributed by atoms with Crippen molar-refractivity contribution in [2.75, 3.05) is 38.1 Å². The van der Waals surface area contributed by atoms with Gasteiger partial charge in [-0.15, -0.1) is 20.1 Å². The van der Waals surface area contributed by atoms with Crippen LogP contribution in [0, 0.1) is 0 Å². The van der Waals surface area contributed by atoms with E-state index in [2.05, 4.69) is 45.1 Å². The van der Waals surface area contributed by atoms with Crippen molar-refractivity contribution in [1.82, 2.24) is 34.8 Å². The predicted molar refractivity (Wildman–Crippen MR) is 221 cm³/mol. The molecule has 6 rings (SSSR count). The molecule has 1 aliphatic carbocycles. The summed E-state index contributed by atoms with van der Waals surface area (Å²) in [6, 6.07) is 4.46. The number of tetrazole rings is 1. The first-order chi connectivity index (χ1) is 27.5. The number of hydrogen-bond acceptors (Lipinski definition) is 15. The van der Waals surface area contributed by atoms with E-state index in [-0.39, 0.29) is 43.5 Å². The molecule has 328 valence electrons. The van der Waals surface area contributed by atoms with Crippen molar-refractivity contribution in [3.05, 3.63) is 28.9 Å². The molecule has 3 aromatic heterocycles. The summed E-state index contributed by atoms with van der Waals surface area (Å²) in [6.45, 7) is 20.8. The fraction of sp³-hybridized carbons (Fsp3) is 0.763. The molecule has 1 unspecified atom stereocenters. The zero-order valence-corrected chi connectivity index (χ0v) is 38.7. The first-order valence-electron chi connectivity index (χ1n) is 20.3. The van der Waals surface area contributed by atoms with Gasteiger partial charge >= 0.3 is 12.1 Å². The van der Waals surface area contributed by atoms with Crippen LogP contribution in [0.2, 0.25) is 31.0 Å². The lowest BCUT2D eigenvalue weighted by Gasteiger charge is -2.35. The third kappa shape index (κ3) is 10.4. The van der Waals surface area contributed by atoms with E-state index in [1.165, 1.54) is 18.1 Å². The molecule has 0 spiro atoms. The van der Waals surface area contributed by atoms with Gasteiger partial charge in [0.15, 0.2) is 24.2 Å². The van der Waals surface area contributed by atoms with Gasteiger partial charge in [-0.1, -0.05) is 32.5 Å². The summed E-state index contributed by atoms with van der Waals surface area (Å²) in [7, 11) is -4.80. The fourth-order valence-electron chi connectivity index (χ4n) is 7.66. The Morgan fingerprint density at radius 3 is 2.42 bits per heavy atom. The summed E-state index contributed by atoms with van der Waals surface area (Å²) < 4.78 is 59.1. The molecule has 0 radical (unpaired) electrons. The van der Waals surface area contributed by atoms with Gasteiger partial charge in [0.2, 0.25) is 10.6 Å². The predicted octanol–water partition coefficient (Wildman–Crippen LogP) is 6.47. The monoisotopic (exact) mass is 882 g/mol. The maximum atomic E-state index is 14.2. The third-order valence-electron chi connectivity index (χ3n) is 10.5. The number of fused-ring (bicyclic) bond motifs is 2. The molecule has 0 aromatic carbocycles. The lowest BCUT2D eigenvalue weighted by atomic mass is 10.1. The van der Waals surface area contributed by atoms with Gasteiger partial charge in [-0.3, -0.25) is 4.90 Å². The van der Waals surface area contributed by atoms with Crippen LogP contribution >= 0.6 is 18.7 Å². The van der Waals surface area contributed by atoms with Crippen molar-refractivity contribution < 1.29 is 47.3 Å². The minimum Gasteiger partial charge on any atom is -0.463 e. The maximum Gasteiger partial charge on any atom is 0.416 e.